The van der Waals surface area contributed by atoms with Crippen LogP contribution in [0.2, 0.25) is 0 Å². The van der Waals surface area contributed by atoms with Crippen LogP contribution in [0.4, 0.5) is 0 Å². The first-order chi connectivity index (χ1) is 5.74. The molecule has 0 unspecified atom stereocenters. The summed E-state index contributed by atoms with van der Waals surface area (Å²) in [5, 5.41) is 0. The molecule has 4 heteroatoms. The van der Waals surface area contributed by atoms with Crippen molar-refractivity contribution in [3.63, 3.8) is 0 Å². The second-order valence-electron chi connectivity index (χ2n) is 2.86. The second-order valence-corrected chi connectivity index (χ2v) is 3.97. The fourth-order valence-electron chi connectivity index (χ4n) is 1.30. The Balaban J connectivity index is 2.29. The van der Waals surface area contributed by atoms with Gasteiger partial charge in [-0.1, -0.05) is 18.3 Å². The number of piperazine rings is 1. The first-order valence-corrected chi connectivity index (χ1v) is 4.90. The molecule has 0 aromatic carbocycles. The van der Waals surface area contributed by atoms with Crippen molar-refractivity contribution < 1.29 is 0 Å². The molecule has 0 amide bonds. The van der Waals surface area contributed by atoms with Crippen LogP contribution in [-0.2, 0) is 0 Å². The van der Waals surface area contributed by atoms with Gasteiger partial charge in [-0.3, -0.25) is 4.90 Å². The third-order valence-electron chi connectivity index (χ3n) is 2.03. The summed E-state index contributed by atoms with van der Waals surface area (Å²) in [5.74, 6) is 0. The maximum Gasteiger partial charge on any atom is 0.133 e. The molecular weight excluding hydrogens is 188 g/mol. The lowest BCUT2D eigenvalue weighted by Gasteiger charge is -2.34. The molecule has 0 radical (unpaired) electrons. The van der Waals surface area contributed by atoms with Gasteiger partial charge in [-0.15, -0.1) is 19.2 Å². The second kappa shape index (κ2) is 4.84. The lowest BCUT2D eigenvalue weighted by molar-refractivity contribution is 0.202. The summed E-state index contributed by atoms with van der Waals surface area (Å²) in [6, 6.07) is 0. The van der Waals surface area contributed by atoms with Gasteiger partial charge in [-0.05, 0) is 0 Å². The van der Waals surface area contributed by atoms with Crippen LogP contribution < -0.4 is 0 Å². The molecule has 1 saturated heterocycles. The van der Waals surface area contributed by atoms with E-state index in [9.17, 15) is 0 Å². The summed E-state index contributed by atoms with van der Waals surface area (Å²) in [6.45, 7) is 8.81. The molecule has 0 atom stereocenters. The molecule has 12 heavy (non-hydrogen) atoms. The van der Waals surface area contributed by atoms with E-state index in [0.717, 1.165) is 32.7 Å². The fourth-order valence-corrected chi connectivity index (χ4v) is 1.69. The van der Waals surface area contributed by atoms with Crippen LogP contribution in [0.3, 0.4) is 0 Å². The van der Waals surface area contributed by atoms with Crippen LogP contribution >= 0.6 is 24.8 Å². The van der Waals surface area contributed by atoms with Crippen molar-refractivity contribution in [1.29, 1.82) is 0 Å². The van der Waals surface area contributed by atoms with Crippen molar-refractivity contribution in [3.8, 4) is 0 Å². The van der Waals surface area contributed by atoms with E-state index in [4.69, 9.17) is 12.2 Å². The number of hydrogen-bond acceptors (Lipinski definition) is 2. The van der Waals surface area contributed by atoms with E-state index in [0.29, 0.717) is 4.32 Å². The smallest absolute Gasteiger partial charge is 0.133 e. The van der Waals surface area contributed by atoms with Crippen molar-refractivity contribution in [1.82, 2.24) is 9.80 Å². The van der Waals surface area contributed by atoms with Gasteiger partial charge in [-0.2, -0.15) is 0 Å². The normalized spacial score (nSPS) is 19.2. The molecule has 0 aromatic heterocycles. The number of hydrogen-bond donors (Lipinski definition) is 1. The van der Waals surface area contributed by atoms with E-state index >= 15 is 0 Å². The van der Waals surface area contributed by atoms with Gasteiger partial charge in [-0.25, -0.2) is 0 Å². The van der Waals surface area contributed by atoms with Gasteiger partial charge in [0.1, 0.15) is 4.32 Å². The molecule has 1 aliphatic rings. The highest BCUT2D eigenvalue weighted by atomic mass is 32.1. The molecule has 0 bridgehead atoms. The average molecular weight is 202 g/mol. The van der Waals surface area contributed by atoms with Crippen LogP contribution in [0.25, 0.3) is 0 Å². The highest BCUT2D eigenvalue weighted by Gasteiger charge is 2.15. The van der Waals surface area contributed by atoms with Gasteiger partial charge in [0.25, 0.3) is 0 Å². The number of thiocarbonyl (C=S) groups is 1. The molecular formula is C8H14N2S2. The predicted octanol–water partition coefficient (Wildman–Crippen LogP) is 1.00. The SMILES string of the molecule is C=CCN1CCN(C(=S)S)CC1. The summed E-state index contributed by atoms with van der Waals surface area (Å²) in [5.41, 5.74) is 0. The molecule has 2 nitrogen and oxygen atoms in total. The highest BCUT2D eigenvalue weighted by molar-refractivity contribution is 8.10. The molecule has 1 rings (SSSR count). The Bertz CT molecular complexity index is 174. The van der Waals surface area contributed by atoms with Gasteiger partial charge in [0, 0.05) is 32.7 Å². The molecule has 1 aliphatic heterocycles. The molecule has 1 heterocycles. The standard InChI is InChI=1S/C8H14N2S2/c1-2-3-9-4-6-10(7-5-9)8(11)12/h2H,1,3-7H2,(H,11,12). The predicted molar refractivity (Wildman–Crippen MR) is 59.8 cm³/mol. The van der Waals surface area contributed by atoms with Crippen molar-refractivity contribution in [2.75, 3.05) is 32.7 Å². The van der Waals surface area contributed by atoms with Crippen molar-refractivity contribution >= 4 is 29.2 Å². The molecule has 0 aliphatic carbocycles. The Morgan fingerprint density at radius 3 is 2.42 bits per heavy atom. The zero-order valence-electron chi connectivity index (χ0n) is 7.07. The summed E-state index contributed by atoms with van der Waals surface area (Å²) in [7, 11) is 0. The van der Waals surface area contributed by atoms with Gasteiger partial charge in [0.05, 0.1) is 0 Å². The fraction of sp³-hybridized carbons (Fsp3) is 0.625. The van der Waals surface area contributed by atoms with Gasteiger partial charge < -0.3 is 4.90 Å². The molecule has 1 fully saturated rings. The third-order valence-corrected chi connectivity index (χ3v) is 2.57. The first-order valence-electron chi connectivity index (χ1n) is 4.05. The molecule has 0 N–H and O–H groups in total. The maximum absolute atomic E-state index is 4.97. The molecule has 68 valence electrons. The summed E-state index contributed by atoms with van der Waals surface area (Å²) in [4.78, 5) is 4.48. The quantitative estimate of drug-likeness (QED) is 0.406. The van der Waals surface area contributed by atoms with E-state index in [1.54, 1.807) is 0 Å². The van der Waals surface area contributed by atoms with Crippen LogP contribution in [0.1, 0.15) is 0 Å². The zero-order chi connectivity index (χ0) is 8.97. The van der Waals surface area contributed by atoms with Crippen molar-refractivity contribution in [2.45, 2.75) is 0 Å². The average Bonchev–Trinajstić information content (AvgIpc) is 2.06. The van der Waals surface area contributed by atoms with Gasteiger partial charge in [0.15, 0.2) is 0 Å². The lowest BCUT2D eigenvalue weighted by Crippen LogP contribution is -2.46. The number of rotatable bonds is 2. The van der Waals surface area contributed by atoms with Gasteiger partial charge in [0.2, 0.25) is 0 Å². The van der Waals surface area contributed by atoms with E-state index in [1.807, 2.05) is 6.08 Å². The third kappa shape index (κ3) is 2.77. The Labute approximate surface area is 84.6 Å². The van der Waals surface area contributed by atoms with Crippen molar-refractivity contribution in [3.05, 3.63) is 12.7 Å². The molecule has 0 saturated carbocycles. The van der Waals surface area contributed by atoms with Crippen LogP contribution in [0.5, 0.6) is 0 Å². The summed E-state index contributed by atoms with van der Waals surface area (Å²) < 4.78 is 0.716. The zero-order valence-corrected chi connectivity index (χ0v) is 8.78. The van der Waals surface area contributed by atoms with E-state index in [-0.39, 0.29) is 0 Å². The topological polar surface area (TPSA) is 6.48 Å². The minimum absolute atomic E-state index is 0.716. The van der Waals surface area contributed by atoms with Crippen LogP contribution in [0, 0.1) is 0 Å². The van der Waals surface area contributed by atoms with Gasteiger partial charge >= 0.3 is 0 Å². The Kier molecular flexibility index (Phi) is 4.05. The Morgan fingerprint density at radius 2 is 2.00 bits per heavy atom. The minimum Gasteiger partial charge on any atom is -0.355 e. The van der Waals surface area contributed by atoms with Crippen molar-refractivity contribution in [2.24, 2.45) is 0 Å². The maximum atomic E-state index is 4.97. The minimum atomic E-state index is 0.716. The Morgan fingerprint density at radius 1 is 1.42 bits per heavy atom. The lowest BCUT2D eigenvalue weighted by atomic mass is 10.3. The van der Waals surface area contributed by atoms with E-state index in [2.05, 4.69) is 29.0 Å². The molecule has 0 aromatic rings. The molecule has 0 spiro atoms. The van der Waals surface area contributed by atoms with E-state index in [1.165, 1.54) is 0 Å². The summed E-state index contributed by atoms with van der Waals surface area (Å²) in [6.07, 6.45) is 1.94. The number of nitrogens with zero attached hydrogens (tertiary/aromatic N) is 2. The number of thiol groups is 1. The highest BCUT2D eigenvalue weighted by Crippen LogP contribution is 2.04. The largest absolute Gasteiger partial charge is 0.355 e. The first kappa shape index (κ1) is 10.0. The monoisotopic (exact) mass is 202 g/mol. The van der Waals surface area contributed by atoms with E-state index < -0.39 is 0 Å². The van der Waals surface area contributed by atoms with Crippen LogP contribution in [-0.4, -0.2) is 46.8 Å². The van der Waals surface area contributed by atoms with Crippen LogP contribution in [0.15, 0.2) is 12.7 Å². The Hall–Kier alpha value is -0.0600. The summed E-state index contributed by atoms with van der Waals surface area (Å²) >= 11 is 9.11.